The number of morpholine rings is 1. The van der Waals surface area contributed by atoms with E-state index in [0.29, 0.717) is 5.75 Å². The Morgan fingerprint density at radius 1 is 1.19 bits per heavy atom. The Morgan fingerprint density at radius 3 is 2.52 bits per heavy atom. The minimum Gasteiger partial charge on any atom is -0.378 e. The third-order valence-corrected chi connectivity index (χ3v) is 5.91. The SMILES string of the molecule is O=S1(=O)CC[C@H](NCc2ccc(N3CCOCC3)cc2)C1. The summed E-state index contributed by atoms with van der Waals surface area (Å²) < 4.78 is 28.2. The highest BCUT2D eigenvalue weighted by atomic mass is 32.2. The van der Waals surface area contributed by atoms with Crippen LogP contribution in [-0.4, -0.2) is 52.3 Å². The molecule has 0 radical (unpaired) electrons. The number of sulfone groups is 1. The predicted octanol–water partition coefficient (Wildman–Crippen LogP) is 0.800. The molecule has 6 heteroatoms. The monoisotopic (exact) mass is 310 g/mol. The summed E-state index contributed by atoms with van der Waals surface area (Å²) >= 11 is 0. The molecule has 2 saturated heterocycles. The average molecular weight is 310 g/mol. The molecule has 1 atom stereocenters. The smallest absolute Gasteiger partial charge is 0.151 e. The third kappa shape index (κ3) is 3.96. The van der Waals surface area contributed by atoms with Crippen LogP contribution in [0.3, 0.4) is 0 Å². The van der Waals surface area contributed by atoms with Gasteiger partial charge in [0.2, 0.25) is 0 Å². The topological polar surface area (TPSA) is 58.6 Å². The first-order valence-corrected chi connectivity index (χ1v) is 9.30. The Bertz CT molecular complexity index is 565. The van der Waals surface area contributed by atoms with Crippen LogP contribution >= 0.6 is 0 Å². The number of nitrogens with one attached hydrogen (secondary N) is 1. The fraction of sp³-hybridized carbons (Fsp3) is 0.600. The maximum absolute atomic E-state index is 11.4. The van der Waals surface area contributed by atoms with Gasteiger partial charge in [-0.2, -0.15) is 0 Å². The van der Waals surface area contributed by atoms with E-state index in [9.17, 15) is 8.42 Å². The molecule has 0 unspecified atom stereocenters. The fourth-order valence-electron chi connectivity index (χ4n) is 2.86. The molecule has 1 N–H and O–H groups in total. The molecule has 3 rings (SSSR count). The van der Waals surface area contributed by atoms with Crippen molar-refractivity contribution < 1.29 is 13.2 Å². The number of nitrogens with zero attached hydrogens (tertiary/aromatic N) is 1. The minimum atomic E-state index is -2.80. The van der Waals surface area contributed by atoms with Gasteiger partial charge in [-0.3, -0.25) is 0 Å². The molecule has 0 saturated carbocycles. The van der Waals surface area contributed by atoms with E-state index in [-0.39, 0.29) is 11.8 Å². The van der Waals surface area contributed by atoms with Crippen LogP contribution in [-0.2, 0) is 21.1 Å². The van der Waals surface area contributed by atoms with Crippen molar-refractivity contribution in [1.29, 1.82) is 0 Å². The first kappa shape index (κ1) is 14.8. The van der Waals surface area contributed by atoms with Crippen molar-refractivity contribution in [3.05, 3.63) is 29.8 Å². The van der Waals surface area contributed by atoms with Crippen molar-refractivity contribution in [2.45, 2.75) is 19.0 Å². The molecule has 0 bridgehead atoms. The lowest BCUT2D eigenvalue weighted by atomic mass is 10.1. The van der Waals surface area contributed by atoms with Crippen LogP contribution < -0.4 is 10.2 Å². The van der Waals surface area contributed by atoms with Gasteiger partial charge in [-0.05, 0) is 24.1 Å². The molecule has 0 amide bonds. The van der Waals surface area contributed by atoms with Crippen LogP contribution in [0.1, 0.15) is 12.0 Å². The number of anilines is 1. The molecule has 1 aromatic rings. The second-order valence-electron chi connectivity index (χ2n) is 5.75. The van der Waals surface area contributed by atoms with Crippen molar-refractivity contribution in [3.8, 4) is 0 Å². The Kier molecular flexibility index (Phi) is 4.47. The molecular weight excluding hydrogens is 288 g/mol. The lowest BCUT2D eigenvalue weighted by molar-refractivity contribution is 0.122. The molecule has 0 aromatic heterocycles. The van der Waals surface area contributed by atoms with E-state index < -0.39 is 9.84 Å². The van der Waals surface area contributed by atoms with Gasteiger partial charge in [0.25, 0.3) is 0 Å². The maximum Gasteiger partial charge on any atom is 0.151 e. The first-order valence-electron chi connectivity index (χ1n) is 7.48. The van der Waals surface area contributed by atoms with Crippen LogP contribution in [0, 0.1) is 0 Å². The summed E-state index contributed by atoms with van der Waals surface area (Å²) in [4.78, 5) is 2.32. The average Bonchev–Trinajstić information content (AvgIpc) is 2.86. The normalized spacial score (nSPS) is 25.1. The Morgan fingerprint density at radius 2 is 1.90 bits per heavy atom. The van der Waals surface area contributed by atoms with E-state index in [1.807, 2.05) is 0 Å². The maximum atomic E-state index is 11.4. The molecule has 5 nitrogen and oxygen atoms in total. The highest BCUT2D eigenvalue weighted by Crippen LogP contribution is 2.17. The first-order chi connectivity index (χ1) is 10.1. The van der Waals surface area contributed by atoms with Crippen LogP contribution in [0.15, 0.2) is 24.3 Å². The summed E-state index contributed by atoms with van der Waals surface area (Å²) in [5.74, 6) is 0.597. The van der Waals surface area contributed by atoms with Gasteiger partial charge in [-0.15, -0.1) is 0 Å². The number of rotatable bonds is 4. The Labute approximate surface area is 126 Å². The molecule has 2 heterocycles. The Hall–Kier alpha value is -1.11. The van der Waals surface area contributed by atoms with Gasteiger partial charge in [0.1, 0.15) is 0 Å². The highest BCUT2D eigenvalue weighted by molar-refractivity contribution is 7.91. The molecule has 1 aromatic carbocycles. The van der Waals surface area contributed by atoms with E-state index in [0.717, 1.165) is 39.3 Å². The zero-order valence-corrected chi connectivity index (χ0v) is 12.9. The standard InChI is InChI=1S/C15H22N2O3S/c18-21(19)10-5-14(12-21)16-11-13-1-3-15(4-2-13)17-6-8-20-9-7-17/h1-4,14,16H,5-12H2/t14-/m0/s1. The number of hydrogen-bond donors (Lipinski definition) is 1. The number of benzene rings is 1. The van der Waals surface area contributed by atoms with Gasteiger partial charge in [-0.25, -0.2) is 8.42 Å². The predicted molar refractivity (Wildman–Crippen MR) is 83.4 cm³/mol. The molecule has 2 aliphatic rings. The van der Waals surface area contributed by atoms with Crippen molar-refractivity contribution in [2.24, 2.45) is 0 Å². The summed E-state index contributed by atoms with van der Waals surface area (Å²) in [6.45, 7) is 4.19. The largest absolute Gasteiger partial charge is 0.378 e. The molecule has 0 spiro atoms. The second kappa shape index (κ2) is 6.34. The summed E-state index contributed by atoms with van der Waals surface area (Å²) in [7, 11) is -2.80. The van der Waals surface area contributed by atoms with E-state index in [1.165, 1.54) is 11.3 Å². The molecular formula is C15H22N2O3S. The van der Waals surface area contributed by atoms with Crippen molar-refractivity contribution in [1.82, 2.24) is 5.32 Å². The van der Waals surface area contributed by atoms with Gasteiger partial charge in [-0.1, -0.05) is 12.1 Å². The second-order valence-corrected chi connectivity index (χ2v) is 7.98. The van der Waals surface area contributed by atoms with E-state index in [4.69, 9.17) is 4.74 Å². The van der Waals surface area contributed by atoms with Crippen LogP contribution in [0.5, 0.6) is 0 Å². The summed E-state index contributed by atoms with van der Waals surface area (Å²) in [5.41, 5.74) is 2.42. The van der Waals surface area contributed by atoms with Gasteiger partial charge in [0.05, 0.1) is 24.7 Å². The molecule has 21 heavy (non-hydrogen) atoms. The lowest BCUT2D eigenvalue weighted by Gasteiger charge is -2.29. The van der Waals surface area contributed by atoms with Crippen molar-refractivity contribution in [2.75, 3.05) is 42.7 Å². The van der Waals surface area contributed by atoms with Gasteiger partial charge >= 0.3 is 0 Å². The van der Waals surface area contributed by atoms with E-state index in [2.05, 4.69) is 34.5 Å². The zero-order chi connectivity index (χ0) is 14.7. The van der Waals surface area contributed by atoms with E-state index in [1.54, 1.807) is 0 Å². The molecule has 2 fully saturated rings. The Balaban J connectivity index is 1.52. The summed E-state index contributed by atoms with van der Waals surface area (Å²) in [5, 5.41) is 3.34. The lowest BCUT2D eigenvalue weighted by Crippen LogP contribution is -2.36. The van der Waals surface area contributed by atoms with Gasteiger partial charge in [0, 0.05) is 31.4 Å². The zero-order valence-electron chi connectivity index (χ0n) is 12.1. The van der Waals surface area contributed by atoms with Crippen molar-refractivity contribution in [3.63, 3.8) is 0 Å². The van der Waals surface area contributed by atoms with E-state index >= 15 is 0 Å². The van der Waals surface area contributed by atoms with Gasteiger partial charge < -0.3 is 15.0 Å². The highest BCUT2D eigenvalue weighted by Gasteiger charge is 2.27. The van der Waals surface area contributed by atoms with Crippen LogP contribution in [0.2, 0.25) is 0 Å². The number of ether oxygens (including phenoxy) is 1. The molecule has 2 aliphatic heterocycles. The molecule has 0 aliphatic carbocycles. The number of hydrogen-bond acceptors (Lipinski definition) is 5. The summed E-state index contributed by atoms with van der Waals surface area (Å²) in [6.07, 6.45) is 0.730. The van der Waals surface area contributed by atoms with Crippen molar-refractivity contribution >= 4 is 15.5 Å². The van der Waals surface area contributed by atoms with Gasteiger partial charge in [0.15, 0.2) is 9.84 Å². The van der Waals surface area contributed by atoms with Crippen LogP contribution in [0.25, 0.3) is 0 Å². The minimum absolute atomic E-state index is 0.105. The fourth-order valence-corrected chi connectivity index (χ4v) is 4.57. The third-order valence-electron chi connectivity index (χ3n) is 4.14. The summed E-state index contributed by atoms with van der Waals surface area (Å²) in [6, 6.07) is 8.60. The molecule has 116 valence electrons. The van der Waals surface area contributed by atoms with Crippen LogP contribution in [0.4, 0.5) is 5.69 Å². The quantitative estimate of drug-likeness (QED) is 0.891.